The first-order chi connectivity index (χ1) is 12.4. The Morgan fingerprint density at radius 1 is 1.12 bits per heavy atom. The summed E-state index contributed by atoms with van der Waals surface area (Å²) in [6.45, 7) is 5.97. The van der Waals surface area contributed by atoms with Crippen LogP contribution in [-0.4, -0.2) is 40.3 Å². The normalized spacial score (nSPS) is 23.7. The molecule has 0 radical (unpaired) electrons. The van der Waals surface area contributed by atoms with Crippen molar-refractivity contribution < 1.29 is 15.0 Å². The van der Waals surface area contributed by atoms with Gasteiger partial charge in [-0.3, -0.25) is 9.69 Å². The van der Waals surface area contributed by atoms with Gasteiger partial charge in [0, 0.05) is 13.1 Å². The highest BCUT2D eigenvalue weighted by molar-refractivity contribution is 5.76. The number of carbonyl (C=O) groups is 1. The zero-order chi connectivity index (χ0) is 18.7. The SMILES string of the molecule is Cc1ccc(CN2CC[C@](Cc3ccccc3)(C(=O)O)[C@H](O)C2)cc1C. The molecule has 4 heteroatoms. The van der Waals surface area contributed by atoms with Crippen LogP contribution in [0.3, 0.4) is 0 Å². The molecule has 0 saturated carbocycles. The van der Waals surface area contributed by atoms with Crippen LogP contribution in [0.2, 0.25) is 0 Å². The summed E-state index contributed by atoms with van der Waals surface area (Å²) in [5.41, 5.74) is 3.56. The summed E-state index contributed by atoms with van der Waals surface area (Å²) in [7, 11) is 0. The van der Waals surface area contributed by atoms with Crippen molar-refractivity contribution in [2.24, 2.45) is 5.41 Å². The molecule has 1 aliphatic rings. The topological polar surface area (TPSA) is 60.8 Å². The molecule has 1 aliphatic heterocycles. The van der Waals surface area contributed by atoms with Gasteiger partial charge in [-0.2, -0.15) is 0 Å². The van der Waals surface area contributed by atoms with Gasteiger partial charge in [-0.05, 0) is 55.5 Å². The van der Waals surface area contributed by atoms with Gasteiger partial charge >= 0.3 is 5.97 Å². The Labute approximate surface area is 155 Å². The van der Waals surface area contributed by atoms with E-state index in [0.29, 0.717) is 25.9 Å². The van der Waals surface area contributed by atoms with E-state index in [0.717, 1.165) is 12.1 Å². The lowest BCUT2D eigenvalue weighted by atomic mass is 9.71. The largest absolute Gasteiger partial charge is 0.481 e. The second-order valence-electron chi connectivity index (χ2n) is 7.54. The number of aliphatic carboxylic acids is 1. The number of aliphatic hydroxyl groups is 1. The Morgan fingerprint density at radius 3 is 2.46 bits per heavy atom. The summed E-state index contributed by atoms with van der Waals surface area (Å²) in [6, 6.07) is 16.0. The summed E-state index contributed by atoms with van der Waals surface area (Å²) < 4.78 is 0. The molecule has 1 heterocycles. The molecular weight excluding hydrogens is 326 g/mol. The standard InChI is InChI=1S/C22H27NO3/c1-16-8-9-19(12-17(16)2)14-23-11-10-22(21(25)26,20(24)15-23)13-18-6-4-3-5-7-18/h3-9,12,20,24H,10-11,13-15H2,1-2H3,(H,25,26)/t20-,22-/m1/s1. The number of β-amino-alcohol motifs (C(OH)–C–C–N with tert-alkyl or cyclic N) is 1. The maximum absolute atomic E-state index is 12.1. The van der Waals surface area contributed by atoms with Gasteiger partial charge in [0.2, 0.25) is 0 Å². The Morgan fingerprint density at radius 2 is 1.85 bits per heavy atom. The molecular formula is C22H27NO3. The molecule has 3 rings (SSSR count). The van der Waals surface area contributed by atoms with Gasteiger partial charge in [-0.15, -0.1) is 0 Å². The molecule has 0 aliphatic carbocycles. The van der Waals surface area contributed by atoms with Crippen LogP contribution in [0.15, 0.2) is 48.5 Å². The van der Waals surface area contributed by atoms with E-state index >= 15 is 0 Å². The monoisotopic (exact) mass is 353 g/mol. The molecule has 0 amide bonds. The van der Waals surface area contributed by atoms with E-state index in [4.69, 9.17) is 0 Å². The molecule has 138 valence electrons. The van der Waals surface area contributed by atoms with Crippen molar-refractivity contribution in [1.29, 1.82) is 0 Å². The number of hydrogen-bond donors (Lipinski definition) is 2. The third-order valence-corrected chi connectivity index (χ3v) is 5.71. The van der Waals surface area contributed by atoms with Crippen LogP contribution in [0.4, 0.5) is 0 Å². The van der Waals surface area contributed by atoms with Gasteiger partial charge in [-0.25, -0.2) is 0 Å². The molecule has 2 aromatic rings. The summed E-state index contributed by atoms with van der Waals surface area (Å²) >= 11 is 0. The van der Waals surface area contributed by atoms with Crippen molar-refractivity contribution in [3.8, 4) is 0 Å². The lowest BCUT2D eigenvalue weighted by Gasteiger charge is -2.43. The lowest BCUT2D eigenvalue weighted by molar-refractivity contribution is -0.163. The second-order valence-corrected chi connectivity index (χ2v) is 7.54. The molecule has 1 saturated heterocycles. The van der Waals surface area contributed by atoms with Crippen LogP contribution in [0.25, 0.3) is 0 Å². The first-order valence-corrected chi connectivity index (χ1v) is 9.14. The number of carboxylic acid groups (broad SMARTS) is 1. The van der Waals surface area contributed by atoms with E-state index < -0.39 is 17.5 Å². The zero-order valence-electron chi connectivity index (χ0n) is 15.5. The number of carboxylic acids is 1. The van der Waals surface area contributed by atoms with Crippen LogP contribution in [0.5, 0.6) is 0 Å². The molecule has 2 atom stereocenters. The number of benzene rings is 2. The Hall–Kier alpha value is -2.17. The first-order valence-electron chi connectivity index (χ1n) is 9.14. The summed E-state index contributed by atoms with van der Waals surface area (Å²) in [4.78, 5) is 14.2. The molecule has 2 aromatic carbocycles. The van der Waals surface area contributed by atoms with E-state index in [2.05, 4.69) is 36.9 Å². The van der Waals surface area contributed by atoms with Crippen LogP contribution in [-0.2, 0) is 17.8 Å². The Kier molecular flexibility index (Phi) is 5.44. The van der Waals surface area contributed by atoms with Crippen LogP contribution in [0.1, 0.15) is 28.7 Å². The van der Waals surface area contributed by atoms with Crippen molar-refractivity contribution in [2.75, 3.05) is 13.1 Å². The third kappa shape index (κ3) is 3.81. The predicted molar refractivity (Wildman–Crippen MR) is 102 cm³/mol. The Bertz CT molecular complexity index is 774. The lowest BCUT2D eigenvalue weighted by Crippen LogP contribution is -2.55. The number of hydrogen-bond acceptors (Lipinski definition) is 3. The molecule has 26 heavy (non-hydrogen) atoms. The highest BCUT2D eigenvalue weighted by Crippen LogP contribution is 2.36. The number of aryl methyl sites for hydroxylation is 2. The average Bonchev–Trinajstić information content (AvgIpc) is 2.61. The van der Waals surface area contributed by atoms with E-state index in [1.54, 1.807) is 0 Å². The van der Waals surface area contributed by atoms with Gasteiger partial charge in [0.15, 0.2) is 0 Å². The van der Waals surface area contributed by atoms with E-state index in [1.165, 1.54) is 16.7 Å². The average molecular weight is 353 g/mol. The molecule has 0 aromatic heterocycles. The highest BCUT2D eigenvalue weighted by atomic mass is 16.4. The predicted octanol–water partition coefficient (Wildman–Crippen LogP) is 3.18. The molecule has 1 fully saturated rings. The fourth-order valence-electron chi connectivity index (χ4n) is 3.83. The number of likely N-dealkylation sites (tertiary alicyclic amines) is 1. The molecule has 4 nitrogen and oxygen atoms in total. The smallest absolute Gasteiger partial charge is 0.312 e. The maximum atomic E-state index is 12.1. The number of aliphatic hydroxyl groups excluding tert-OH is 1. The van der Waals surface area contributed by atoms with Gasteiger partial charge in [-0.1, -0.05) is 48.5 Å². The number of piperidine rings is 1. The van der Waals surface area contributed by atoms with Crippen LogP contribution >= 0.6 is 0 Å². The zero-order valence-corrected chi connectivity index (χ0v) is 15.5. The minimum atomic E-state index is -1.11. The van der Waals surface area contributed by atoms with Crippen molar-refractivity contribution in [2.45, 2.75) is 39.3 Å². The molecule has 0 spiro atoms. The quantitative estimate of drug-likeness (QED) is 0.867. The number of nitrogens with zero attached hydrogens (tertiary/aromatic N) is 1. The van der Waals surface area contributed by atoms with Crippen LogP contribution < -0.4 is 0 Å². The van der Waals surface area contributed by atoms with Gasteiger partial charge in [0.25, 0.3) is 0 Å². The van der Waals surface area contributed by atoms with Crippen molar-refractivity contribution in [3.05, 3.63) is 70.8 Å². The molecule has 0 unspecified atom stereocenters. The van der Waals surface area contributed by atoms with Gasteiger partial charge in [0.1, 0.15) is 5.41 Å². The minimum absolute atomic E-state index is 0.363. The van der Waals surface area contributed by atoms with E-state index in [9.17, 15) is 15.0 Å². The fourth-order valence-corrected chi connectivity index (χ4v) is 3.83. The first kappa shape index (κ1) is 18.6. The highest BCUT2D eigenvalue weighted by Gasteiger charge is 2.48. The van der Waals surface area contributed by atoms with Crippen molar-refractivity contribution >= 4 is 5.97 Å². The van der Waals surface area contributed by atoms with Gasteiger partial charge in [0.05, 0.1) is 6.10 Å². The van der Waals surface area contributed by atoms with Crippen LogP contribution in [0, 0.1) is 19.3 Å². The second kappa shape index (κ2) is 7.60. The Balaban J connectivity index is 1.72. The van der Waals surface area contributed by atoms with Crippen molar-refractivity contribution in [1.82, 2.24) is 4.90 Å². The molecule has 0 bridgehead atoms. The minimum Gasteiger partial charge on any atom is -0.481 e. The summed E-state index contributed by atoms with van der Waals surface area (Å²) in [5, 5.41) is 20.7. The summed E-state index contributed by atoms with van der Waals surface area (Å²) in [6.07, 6.45) is -0.0779. The maximum Gasteiger partial charge on any atom is 0.312 e. The summed E-state index contributed by atoms with van der Waals surface area (Å²) in [5.74, 6) is -0.903. The van der Waals surface area contributed by atoms with Gasteiger partial charge < -0.3 is 10.2 Å². The fraction of sp³-hybridized carbons (Fsp3) is 0.409. The van der Waals surface area contributed by atoms with E-state index in [1.807, 2.05) is 30.3 Å². The molecule has 2 N–H and O–H groups in total. The van der Waals surface area contributed by atoms with E-state index in [-0.39, 0.29) is 0 Å². The number of rotatable bonds is 5. The van der Waals surface area contributed by atoms with Crippen molar-refractivity contribution in [3.63, 3.8) is 0 Å². The third-order valence-electron chi connectivity index (χ3n) is 5.71.